The predicted molar refractivity (Wildman–Crippen MR) is 54.1 cm³/mol. The van der Waals surface area contributed by atoms with Crippen molar-refractivity contribution in [1.29, 1.82) is 0 Å². The van der Waals surface area contributed by atoms with E-state index < -0.39 is 23.2 Å². The Bertz CT molecular complexity index is 239. The molecule has 1 amide bonds. The van der Waals surface area contributed by atoms with Crippen LogP contribution in [0.2, 0.25) is 0 Å². The van der Waals surface area contributed by atoms with Gasteiger partial charge in [-0.1, -0.05) is 0 Å². The molecule has 0 aromatic carbocycles. The molecule has 15 heavy (non-hydrogen) atoms. The van der Waals surface area contributed by atoms with Crippen molar-refractivity contribution in [3.63, 3.8) is 0 Å². The van der Waals surface area contributed by atoms with Crippen LogP contribution in [-0.4, -0.2) is 23.2 Å². The molecule has 5 heteroatoms. The van der Waals surface area contributed by atoms with Gasteiger partial charge in [0.2, 0.25) is 0 Å². The van der Waals surface area contributed by atoms with E-state index in [1.54, 1.807) is 20.8 Å². The summed E-state index contributed by atoms with van der Waals surface area (Å²) in [6.07, 6.45) is -0.839. The maximum atomic E-state index is 13.0. The molecule has 0 atom stereocenters. The summed E-state index contributed by atoms with van der Waals surface area (Å²) in [6.45, 7) is 8.26. The lowest BCUT2D eigenvalue weighted by molar-refractivity contribution is -0.0607. The molecular formula is C10H19F2NO2. The van der Waals surface area contributed by atoms with Crippen molar-refractivity contribution < 1.29 is 18.3 Å². The summed E-state index contributed by atoms with van der Waals surface area (Å²) >= 11 is 0. The van der Waals surface area contributed by atoms with Crippen LogP contribution in [0, 0.1) is 0 Å². The summed E-state index contributed by atoms with van der Waals surface area (Å²) < 4.78 is 30.9. The smallest absolute Gasteiger partial charge is 0.408 e. The second kappa shape index (κ2) is 3.94. The molecule has 0 unspecified atom stereocenters. The number of ether oxygens (including phenoxy) is 1. The molecule has 0 rings (SSSR count). The zero-order valence-electron chi connectivity index (χ0n) is 10.1. The minimum atomic E-state index is -3.01. The summed E-state index contributed by atoms with van der Waals surface area (Å²) in [4.78, 5) is 11.3. The molecular weight excluding hydrogens is 204 g/mol. The van der Waals surface area contributed by atoms with E-state index in [9.17, 15) is 13.6 Å². The first-order valence-electron chi connectivity index (χ1n) is 4.74. The van der Waals surface area contributed by atoms with Crippen LogP contribution in [0.25, 0.3) is 0 Å². The van der Waals surface area contributed by atoms with Crippen LogP contribution in [-0.2, 0) is 4.74 Å². The van der Waals surface area contributed by atoms with Gasteiger partial charge in [-0.25, -0.2) is 13.6 Å². The SMILES string of the molecule is CC(C)(C)OC(=O)NC(C)(C)C(C)(F)F. The van der Waals surface area contributed by atoms with Gasteiger partial charge in [0, 0.05) is 6.92 Å². The second-order valence-electron chi connectivity index (χ2n) is 5.14. The number of carbonyl (C=O) groups is 1. The normalized spacial score (nSPS) is 13.6. The first kappa shape index (κ1) is 14.1. The van der Waals surface area contributed by atoms with Crippen LogP contribution in [0.15, 0.2) is 0 Å². The standard InChI is InChI=1S/C10H19F2NO2/c1-8(2,3)15-7(14)13-9(4,5)10(6,11)12/h1-6H3,(H,13,14). The predicted octanol–water partition coefficient (Wildman–Crippen LogP) is 2.94. The van der Waals surface area contributed by atoms with E-state index in [4.69, 9.17) is 4.74 Å². The van der Waals surface area contributed by atoms with Crippen molar-refractivity contribution in [2.45, 2.75) is 58.6 Å². The van der Waals surface area contributed by atoms with Crippen LogP contribution in [0.4, 0.5) is 13.6 Å². The Labute approximate surface area is 89.2 Å². The molecule has 90 valence electrons. The van der Waals surface area contributed by atoms with E-state index in [0.717, 1.165) is 6.92 Å². The van der Waals surface area contributed by atoms with Crippen molar-refractivity contribution in [1.82, 2.24) is 5.32 Å². The van der Waals surface area contributed by atoms with Gasteiger partial charge in [0.05, 0.1) is 0 Å². The summed E-state index contributed by atoms with van der Waals surface area (Å²) in [5, 5.41) is 2.14. The molecule has 0 saturated carbocycles. The third-order valence-electron chi connectivity index (χ3n) is 1.91. The average Bonchev–Trinajstić information content (AvgIpc) is 1.75. The minimum absolute atomic E-state index is 0.691. The van der Waals surface area contributed by atoms with Crippen molar-refractivity contribution in [3.8, 4) is 0 Å². The number of nitrogens with one attached hydrogen (secondary N) is 1. The zero-order chi connectivity index (χ0) is 12.5. The van der Waals surface area contributed by atoms with Crippen molar-refractivity contribution in [3.05, 3.63) is 0 Å². The molecule has 0 bridgehead atoms. The number of hydrogen-bond acceptors (Lipinski definition) is 2. The topological polar surface area (TPSA) is 38.3 Å². The molecule has 0 aliphatic carbocycles. The van der Waals surface area contributed by atoms with E-state index in [-0.39, 0.29) is 0 Å². The molecule has 0 aromatic heterocycles. The summed E-state index contributed by atoms with van der Waals surface area (Å²) in [5.41, 5.74) is -2.32. The summed E-state index contributed by atoms with van der Waals surface area (Å²) in [7, 11) is 0. The number of rotatable bonds is 2. The zero-order valence-corrected chi connectivity index (χ0v) is 10.1. The van der Waals surface area contributed by atoms with E-state index in [2.05, 4.69) is 5.32 Å². The minimum Gasteiger partial charge on any atom is -0.444 e. The Morgan fingerprint density at radius 1 is 1.07 bits per heavy atom. The van der Waals surface area contributed by atoms with Crippen molar-refractivity contribution in [2.24, 2.45) is 0 Å². The first-order valence-corrected chi connectivity index (χ1v) is 4.74. The fourth-order valence-corrected chi connectivity index (χ4v) is 0.669. The average molecular weight is 223 g/mol. The molecule has 0 fully saturated rings. The van der Waals surface area contributed by atoms with Gasteiger partial charge in [-0.05, 0) is 34.6 Å². The second-order valence-corrected chi connectivity index (χ2v) is 5.14. The highest BCUT2D eigenvalue weighted by atomic mass is 19.3. The maximum absolute atomic E-state index is 13.0. The number of amides is 1. The van der Waals surface area contributed by atoms with E-state index in [1.807, 2.05) is 0 Å². The third kappa shape index (κ3) is 4.95. The van der Waals surface area contributed by atoms with Gasteiger partial charge in [0.25, 0.3) is 5.92 Å². The van der Waals surface area contributed by atoms with Gasteiger partial charge in [-0.2, -0.15) is 0 Å². The molecule has 3 nitrogen and oxygen atoms in total. The Balaban J connectivity index is 4.43. The Morgan fingerprint density at radius 3 is 1.73 bits per heavy atom. The van der Waals surface area contributed by atoms with Gasteiger partial charge >= 0.3 is 6.09 Å². The molecule has 0 heterocycles. The molecule has 0 radical (unpaired) electrons. The first-order chi connectivity index (χ1) is 6.35. The van der Waals surface area contributed by atoms with Crippen LogP contribution in [0.5, 0.6) is 0 Å². The van der Waals surface area contributed by atoms with Gasteiger partial charge in [-0.15, -0.1) is 0 Å². The number of halogens is 2. The number of alkyl halides is 2. The number of alkyl carbamates (subject to hydrolysis) is 1. The highest BCUT2D eigenvalue weighted by Gasteiger charge is 2.43. The number of hydrogen-bond donors (Lipinski definition) is 1. The summed E-state index contributed by atoms with van der Waals surface area (Å²) in [6, 6.07) is 0. The maximum Gasteiger partial charge on any atom is 0.408 e. The largest absolute Gasteiger partial charge is 0.444 e. The van der Waals surface area contributed by atoms with Crippen LogP contribution < -0.4 is 5.32 Å². The van der Waals surface area contributed by atoms with Gasteiger partial charge in [-0.3, -0.25) is 0 Å². The number of carbonyl (C=O) groups excluding carboxylic acids is 1. The fraction of sp³-hybridized carbons (Fsp3) is 0.900. The molecule has 1 N–H and O–H groups in total. The van der Waals surface area contributed by atoms with Gasteiger partial charge in [0.1, 0.15) is 11.1 Å². The van der Waals surface area contributed by atoms with Gasteiger partial charge < -0.3 is 10.1 Å². The summed E-state index contributed by atoms with van der Waals surface area (Å²) in [5.74, 6) is -3.01. The van der Waals surface area contributed by atoms with Crippen molar-refractivity contribution >= 4 is 6.09 Å². The lowest BCUT2D eigenvalue weighted by Crippen LogP contribution is -2.55. The third-order valence-corrected chi connectivity index (χ3v) is 1.91. The van der Waals surface area contributed by atoms with Gasteiger partial charge in [0.15, 0.2) is 0 Å². The lowest BCUT2D eigenvalue weighted by Gasteiger charge is -2.33. The Kier molecular flexibility index (Phi) is 3.72. The van der Waals surface area contributed by atoms with Crippen LogP contribution >= 0.6 is 0 Å². The van der Waals surface area contributed by atoms with E-state index in [1.165, 1.54) is 13.8 Å². The molecule has 0 aliphatic heterocycles. The monoisotopic (exact) mass is 223 g/mol. The molecule has 0 aromatic rings. The molecule has 0 spiro atoms. The van der Waals surface area contributed by atoms with Crippen molar-refractivity contribution in [2.75, 3.05) is 0 Å². The van der Waals surface area contributed by atoms with E-state index in [0.29, 0.717) is 0 Å². The highest BCUT2D eigenvalue weighted by molar-refractivity contribution is 5.68. The quantitative estimate of drug-likeness (QED) is 0.781. The highest BCUT2D eigenvalue weighted by Crippen LogP contribution is 2.27. The molecule has 0 saturated heterocycles. The fourth-order valence-electron chi connectivity index (χ4n) is 0.669. The Hall–Kier alpha value is -0.870. The van der Waals surface area contributed by atoms with E-state index >= 15 is 0 Å². The van der Waals surface area contributed by atoms with Crippen LogP contribution in [0.3, 0.4) is 0 Å². The molecule has 0 aliphatic rings. The Morgan fingerprint density at radius 2 is 1.47 bits per heavy atom. The van der Waals surface area contributed by atoms with Crippen LogP contribution in [0.1, 0.15) is 41.5 Å². The lowest BCUT2D eigenvalue weighted by atomic mass is 9.98.